The van der Waals surface area contributed by atoms with Crippen LogP contribution < -0.4 is 5.32 Å². The normalized spacial score (nSPS) is 11.9. The van der Waals surface area contributed by atoms with Crippen LogP contribution in [0.4, 0.5) is 0 Å². The van der Waals surface area contributed by atoms with Crippen molar-refractivity contribution in [1.29, 1.82) is 0 Å². The number of thiazole rings is 1. The van der Waals surface area contributed by atoms with E-state index in [1.165, 1.54) is 0 Å². The average Bonchev–Trinajstić information content (AvgIpc) is 2.57. The highest BCUT2D eigenvalue weighted by molar-refractivity contribution is 7.07. The van der Waals surface area contributed by atoms with Gasteiger partial charge in [-0.2, -0.15) is 0 Å². The zero-order chi connectivity index (χ0) is 9.73. The number of hydrogen-bond acceptors (Lipinski definition) is 4. The maximum atomic E-state index is 5.28. The molecule has 4 heteroatoms. The van der Waals surface area contributed by atoms with E-state index in [0.29, 0.717) is 0 Å². The van der Waals surface area contributed by atoms with Crippen molar-refractivity contribution in [2.24, 2.45) is 0 Å². The molecule has 13 heavy (non-hydrogen) atoms. The summed E-state index contributed by atoms with van der Waals surface area (Å²) in [6.45, 7) is 5.76. The molecule has 1 rings (SSSR count). The SMILES string of the molecule is COC(C)(C)CNCc1cscn1. The molecule has 3 nitrogen and oxygen atoms in total. The molecule has 0 aromatic carbocycles. The van der Waals surface area contributed by atoms with Crippen molar-refractivity contribution in [2.75, 3.05) is 13.7 Å². The second-order valence-electron chi connectivity index (χ2n) is 3.55. The fourth-order valence-corrected chi connectivity index (χ4v) is 1.45. The molecule has 1 N–H and O–H groups in total. The summed E-state index contributed by atoms with van der Waals surface area (Å²) >= 11 is 1.62. The molecular formula is C9H16N2OS. The van der Waals surface area contributed by atoms with Crippen LogP contribution in [0.2, 0.25) is 0 Å². The average molecular weight is 200 g/mol. The molecular weight excluding hydrogens is 184 g/mol. The fourth-order valence-electron chi connectivity index (χ4n) is 0.889. The lowest BCUT2D eigenvalue weighted by atomic mass is 10.1. The van der Waals surface area contributed by atoms with Gasteiger partial charge in [-0.25, -0.2) is 4.98 Å². The molecule has 0 unspecified atom stereocenters. The first-order chi connectivity index (χ1) is 6.14. The third kappa shape index (κ3) is 3.85. The third-order valence-corrected chi connectivity index (χ3v) is 2.53. The van der Waals surface area contributed by atoms with Gasteiger partial charge in [-0.1, -0.05) is 0 Å². The molecule has 0 aliphatic rings. The van der Waals surface area contributed by atoms with Crippen LogP contribution in [0.3, 0.4) is 0 Å². The van der Waals surface area contributed by atoms with E-state index in [2.05, 4.69) is 24.1 Å². The Kier molecular flexibility index (Phi) is 3.84. The van der Waals surface area contributed by atoms with E-state index < -0.39 is 0 Å². The minimum absolute atomic E-state index is 0.101. The van der Waals surface area contributed by atoms with Gasteiger partial charge in [-0.15, -0.1) is 11.3 Å². The predicted octanol–water partition coefficient (Wildman–Crippen LogP) is 1.66. The number of aromatic nitrogens is 1. The van der Waals surface area contributed by atoms with Gasteiger partial charge in [0.2, 0.25) is 0 Å². The molecule has 0 fully saturated rings. The van der Waals surface area contributed by atoms with Gasteiger partial charge in [0.05, 0.1) is 16.8 Å². The Bertz CT molecular complexity index is 234. The van der Waals surface area contributed by atoms with Crippen molar-refractivity contribution in [3.63, 3.8) is 0 Å². The van der Waals surface area contributed by atoms with E-state index in [4.69, 9.17) is 4.74 Å². The minimum Gasteiger partial charge on any atom is -0.377 e. The first-order valence-electron chi connectivity index (χ1n) is 4.27. The fraction of sp³-hybridized carbons (Fsp3) is 0.667. The number of nitrogens with one attached hydrogen (secondary N) is 1. The number of hydrogen-bond donors (Lipinski definition) is 1. The lowest BCUT2D eigenvalue weighted by Crippen LogP contribution is -2.36. The Balaban J connectivity index is 2.21. The minimum atomic E-state index is -0.101. The second kappa shape index (κ2) is 4.69. The Hall–Kier alpha value is -0.450. The second-order valence-corrected chi connectivity index (χ2v) is 4.27. The van der Waals surface area contributed by atoms with Gasteiger partial charge in [0.1, 0.15) is 0 Å². The molecule has 0 bridgehead atoms. The Labute approximate surface area is 83.1 Å². The zero-order valence-corrected chi connectivity index (χ0v) is 9.15. The van der Waals surface area contributed by atoms with Gasteiger partial charge in [0.15, 0.2) is 0 Å². The summed E-state index contributed by atoms with van der Waals surface area (Å²) in [5.74, 6) is 0. The van der Waals surface area contributed by atoms with Crippen molar-refractivity contribution < 1.29 is 4.74 Å². The summed E-state index contributed by atoms with van der Waals surface area (Å²) in [5, 5.41) is 5.35. The molecule has 0 aliphatic heterocycles. The van der Waals surface area contributed by atoms with Crippen LogP contribution in [0.15, 0.2) is 10.9 Å². The molecule has 0 saturated carbocycles. The molecule has 0 radical (unpaired) electrons. The van der Waals surface area contributed by atoms with Crippen molar-refractivity contribution in [3.05, 3.63) is 16.6 Å². The van der Waals surface area contributed by atoms with Crippen LogP contribution in [0.5, 0.6) is 0 Å². The highest BCUT2D eigenvalue weighted by Crippen LogP contribution is 2.06. The Morgan fingerprint density at radius 1 is 1.62 bits per heavy atom. The number of rotatable bonds is 5. The molecule has 0 amide bonds. The first kappa shape index (κ1) is 10.6. The molecule has 0 atom stereocenters. The topological polar surface area (TPSA) is 34.1 Å². The van der Waals surface area contributed by atoms with E-state index in [-0.39, 0.29) is 5.60 Å². The standard InChI is InChI=1S/C9H16N2OS/c1-9(2,12-3)6-10-4-8-5-13-7-11-8/h5,7,10H,4,6H2,1-3H3. The molecule has 1 aromatic rings. The largest absolute Gasteiger partial charge is 0.377 e. The molecule has 0 spiro atoms. The highest BCUT2D eigenvalue weighted by Gasteiger charge is 2.14. The predicted molar refractivity (Wildman–Crippen MR) is 54.9 cm³/mol. The van der Waals surface area contributed by atoms with Crippen molar-refractivity contribution >= 4 is 11.3 Å². The van der Waals surface area contributed by atoms with Crippen molar-refractivity contribution in [3.8, 4) is 0 Å². The van der Waals surface area contributed by atoms with Crippen LogP contribution in [0.1, 0.15) is 19.5 Å². The smallest absolute Gasteiger partial charge is 0.0795 e. The molecule has 0 aliphatic carbocycles. The van der Waals surface area contributed by atoms with E-state index in [1.807, 2.05) is 10.9 Å². The molecule has 74 valence electrons. The Morgan fingerprint density at radius 2 is 2.38 bits per heavy atom. The summed E-state index contributed by atoms with van der Waals surface area (Å²) in [5.41, 5.74) is 2.84. The first-order valence-corrected chi connectivity index (χ1v) is 5.21. The van der Waals surface area contributed by atoms with Gasteiger partial charge >= 0.3 is 0 Å². The highest BCUT2D eigenvalue weighted by atomic mass is 32.1. The van der Waals surface area contributed by atoms with E-state index in [0.717, 1.165) is 18.8 Å². The number of ether oxygens (including phenoxy) is 1. The summed E-state index contributed by atoms with van der Waals surface area (Å²) in [4.78, 5) is 4.18. The van der Waals surface area contributed by atoms with Gasteiger partial charge < -0.3 is 10.1 Å². The maximum Gasteiger partial charge on any atom is 0.0795 e. The molecule has 1 heterocycles. The van der Waals surface area contributed by atoms with Crippen LogP contribution in [-0.4, -0.2) is 24.2 Å². The summed E-state index contributed by atoms with van der Waals surface area (Å²) in [7, 11) is 1.73. The lowest BCUT2D eigenvalue weighted by molar-refractivity contribution is 0.0230. The van der Waals surface area contributed by atoms with Crippen LogP contribution in [0, 0.1) is 0 Å². The Morgan fingerprint density at radius 3 is 2.92 bits per heavy atom. The van der Waals surface area contributed by atoms with Gasteiger partial charge in [-0.3, -0.25) is 0 Å². The molecule has 0 saturated heterocycles. The number of methoxy groups -OCH3 is 1. The third-order valence-electron chi connectivity index (χ3n) is 1.89. The van der Waals surface area contributed by atoms with Gasteiger partial charge in [0, 0.05) is 25.6 Å². The zero-order valence-electron chi connectivity index (χ0n) is 8.33. The summed E-state index contributed by atoms with van der Waals surface area (Å²) < 4.78 is 5.28. The lowest BCUT2D eigenvalue weighted by Gasteiger charge is -2.22. The van der Waals surface area contributed by atoms with E-state index in [1.54, 1.807) is 18.4 Å². The van der Waals surface area contributed by atoms with Crippen LogP contribution in [-0.2, 0) is 11.3 Å². The van der Waals surface area contributed by atoms with Crippen molar-refractivity contribution in [1.82, 2.24) is 10.3 Å². The monoisotopic (exact) mass is 200 g/mol. The quantitative estimate of drug-likeness (QED) is 0.785. The summed E-state index contributed by atoms with van der Waals surface area (Å²) in [6.07, 6.45) is 0. The summed E-state index contributed by atoms with van der Waals surface area (Å²) in [6, 6.07) is 0. The van der Waals surface area contributed by atoms with Crippen LogP contribution in [0.25, 0.3) is 0 Å². The number of nitrogens with zero attached hydrogens (tertiary/aromatic N) is 1. The van der Waals surface area contributed by atoms with E-state index in [9.17, 15) is 0 Å². The van der Waals surface area contributed by atoms with Crippen LogP contribution >= 0.6 is 11.3 Å². The van der Waals surface area contributed by atoms with Crippen molar-refractivity contribution in [2.45, 2.75) is 26.0 Å². The van der Waals surface area contributed by atoms with E-state index >= 15 is 0 Å². The van der Waals surface area contributed by atoms with Gasteiger partial charge in [-0.05, 0) is 13.8 Å². The molecule has 1 aromatic heterocycles. The van der Waals surface area contributed by atoms with Gasteiger partial charge in [0.25, 0.3) is 0 Å². The maximum absolute atomic E-state index is 5.28.